The van der Waals surface area contributed by atoms with Crippen LogP contribution in [0.3, 0.4) is 0 Å². The van der Waals surface area contributed by atoms with Crippen molar-refractivity contribution in [2.24, 2.45) is 5.73 Å². The van der Waals surface area contributed by atoms with E-state index in [1.54, 1.807) is 17.8 Å². The summed E-state index contributed by atoms with van der Waals surface area (Å²) in [6.07, 6.45) is 2.08. The molecule has 0 fully saturated rings. The number of thioether (sulfide) groups is 1. The Morgan fingerprint density at radius 2 is 1.75 bits per heavy atom. The van der Waals surface area contributed by atoms with Gasteiger partial charge in [-0.2, -0.15) is 0 Å². The monoisotopic (exact) mass is 325 g/mol. The molecule has 0 radical (unpaired) electrons. The maximum atomic E-state index is 6.17. The fourth-order valence-electron chi connectivity index (χ4n) is 1.86. The Balaban J connectivity index is 1.93. The second kappa shape index (κ2) is 7.94. The number of halogens is 2. The highest BCUT2D eigenvalue weighted by Gasteiger charge is 2.03. The van der Waals surface area contributed by atoms with Gasteiger partial charge >= 0.3 is 0 Å². The lowest BCUT2D eigenvalue weighted by Crippen LogP contribution is -2.00. The topological polar surface area (TPSA) is 26.0 Å². The molecule has 2 aromatic rings. The minimum absolute atomic E-state index is 0.674. The van der Waals surface area contributed by atoms with Crippen LogP contribution in [0.25, 0.3) is 0 Å². The third-order valence-electron chi connectivity index (χ3n) is 3.00. The van der Waals surface area contributed by atoms with E-state index in [-0.39, 0.29) is 0 Å². The molecule has 0 aliphatic rings. The van der Waals surface area contributed by atoms with Gasteiger partial charge in [0, 0.05) is 20.7 Å². The Hall–Kier alpha value is -0.670. The van der Waals surface area contributed by atoms with Crippen molar-refractivity contribution in [3.63, 3.8) is 0 Å². The van der Waals surface area contributed by atoms with Crippen LogP contribution in [0.1, 0.15) is 17.5 Å². The molecule has 2 N–H and O–H groups in total. The van der Waals surface area contributed by atoms with Crippen LogP contribution in [-0.2, 0) is 12.2 Å². The van der Waals surface area contributed by atoms with Gasteiger partial charge in [-0.3, -0.25) is 0 Å². The van der Waals surface area contributed by atoms with E-state index in [1.165, 1.54) is 10.5 Å². The molecule has 4 heteroatoms. The summed E-state index contributed by atoms with van der Waals surface area (Å²) in [4.78, 5) is 1.24. The van der Waals surface area contributed by atoms with Crippen LogP contribution in [0.4, 0.5) is 0 Å². The summed E-state index contributed by atoms with van der Waals surface area (Å²) < 4.78 is 0. The van der Waals surface area contributed by atoms with Crippen molar-refractivity contribution in [2.75, 3.05) is 6.54 Å². The van der Waals surface area contributed by atoms with Gasteiger partial charge in [0.2, 0.25) is 0 Å². The highest BCUT2D eigenvalue weighted by molar-refractivity contribution is 7.98. The van der Waals surface area contributed by atoms with E-state index < -0.39 is 0 Å². The first kappa shape index (κ1) is 15.7. The zero-order valence-electron chi connectivity index (χ0n) is 11.1. The molecular weight excluding hydrogens is 309 g/mol. The summed E-state index contributed by atoms with van der Waals surface area (Å²) in [5.74, 6) is 0.845. The summed E-state index contributed by atoms with van der Waals surface area (Å²) in [6, 6.07) is 14.3. The second-order valence-corrected chi connectivity index (χ2v) is 6.45. The lowest BCUT2D eigenvalue weighted by atomic mass is 10.1. The van der Waals surface area contributed by atoms with Crippen LogP contribution in [0, 0.1) is 0 Å². The average Bonchev–Trinajstić information content (AvgIpc) is 2.45. The van der Waals surface area contributed by atoms with Crippen molar-refractivity contribution in [1.29, 1.82) is 0 Å². The molecule has 0 amide bonds. The van der Waals surface area contributed by atoms with E-state index in [1.807, 2.05) is 12.1 Å². The van der Waals surface area contributed by atoms with Crippen molar-refractivity contribution < 1.29 is 0 Å². The molecule has 2 aromatic carbocycles. The van der Waals surface area contributed by atoms with Crippen molar-refractivity contribution in [1.82, 2.24) is 0 Å². The van der Waals surface area contributed by atoms with Gasteiger partial charge in [-0.25, -0.2) is 0 Å². The molecule has 0 bridgehead atoms. The number of rotatable bonds is 6. The fraction of sp³-hybridized carbons (Fsp3) is 0.250. The Morgan fingerprint density at radius 1 is 1.00 bits per heavy atom. The fourth-order valence-corrected chi connectivity index (χ4v) is 3.32. The van der Waals surface area contributed by atoms with Gasteiger partial charge < -0.3 is 5.73 Å². The van der Waals surface area contributed by atoms with E-state index in [0.717, 1.165) is 35.7 Å². The van der Waals surface area contributed by atoms with Crippen LogP contribution in [0.15, 0.2) is 47.4 Å². The molecule has 106 valence electrons. The summed E-state index contributed by atoms with van der Waals surface area (Å²) in [5, 5.41) is 1.40. The summed E-state index contributed by atoms with van der Waals surface area (Å²) >= 11 is 13.8. The summed E-state index contributed by atoms with van der Waals surface area (Å²) in [5.41, 5.74) is 7.96. The molecule has 1 nitrogen and oxygen atoms in total. The predicted molar refractivity (Wildman–Crippen MR) is 89.8 cm³/mol. The molecule has 0 aliphatic carbocycles. The quantitative estimate of drug-likeness (QED) is 0.741. The van der Waals surface area contributed by atoms with Gasteiger partial charge in [-0.1, -0.05) is 41.4 Å². The van der Waals surface area contributed by atoms with Crippen molar-refractivity contribution >= 4 is 35.0 Å². The molecule has 0 heterocycles. The number of nitrogens with two attached hydrogens (primary N) is 1. The van der Waals surface area contributed by atoms with Gasteiger partial charge in [-0.05, 0) is 54.8 Å². The van der Waals surface area contributed by atoms with Crippen LogP contribution >= 0.6 is 35.0 Å². The Morgan fingerprint density at radius 3 is 2.40 bits per heavy atom. The lowest BCUT2D eigenvalue weighted by Gasteiger charge is -2.06. The Kier molecular flexibility index (Phi) is 6.24. The molecule has 0 saturated carbocycles. The molecule has 0 unspecified atom stereocenters. The average molecular weight is 326 g/mol. The highest BCUT2D eigenvalue weighted by atomic mass is 35.5. The minimum Gasteiger partial charge on any atom is -0.330 e. The highest BCUT2D eigenvalue weighted by Crippen LogP contribution is 2.28. The molecule has 20 heavy (non-hydrogen) atoms. The SMILES string of the molecule is NCCCc1ccc(SCc2ccc(Cl)cc2Cl)cc1. The standard InChI is InChI=1S/C16H17Cl2NS/c17-14-6-5-13(16(18)10-14)11-20-15-7-3-12(4-8-15)2-1-9-19/h3-8,10H,1-2,9,11,19H2. The van der Waals surface area contributed by atoms with Gasteiger partial charge in [0.25, 0.3) is 0 Å². The van der Waals surface area contributed by atoms with Crippen molar-refractivity contribution in [2.45, 2.75) is 23.5 Å². The zero-order valence-corrected chi connectivity index (χ0v) is 13.4. The van der Waals surface area contributed by atoms with E-state index in [0.29, 0.717) is 5.02 Å². The second-order valence-electron chi connectivity index (χ2n) is 4.56. The van der Waals surface area contributed by atoms with Crippen LogP contribution in [0.2, 0.25) is 10.0 Å². The van der Waals surface area contributed by atoms with Crippen LogP contribution in [0.5, 0.6) is 0 Å². The maximum Gasteiger partial charge on any atom is 0.0461 e. The molecule has 0 spiro atoms. The van der Waals surface area contributed by atoms with E-state index >= 15 is 0 Å². The molecule has 0 saturated heterocycles. The first-order chi connectivity index (χ1) is 9.69. The van der Waals surface area contributed by atoms with Crippen LogP contribution in [-0.4, -0.2) is 6.54 Å². The third-order valence-corrected chi connectivity index (χ3v) is 4.65. The van der Waals surface area contributed by atoms with Crippen LogP contribution < -0.4 is 5.73 Å². The summed E-state index contributed by atoms with van der Waals surface area (Å²) in [7, 11) is 0. The third kappa shape index (κ3) is 4.71. The Bertz CT molecular complexity index is 555. The van der Waals surface area contributed by atoms with E-state index in [2.05, 4.69) is 24.3 Å². The minimum atomic E-state index is 0.674. The maximum absolute atomic E-state index is 6.17. The molecule has 0 aromatic heterocycles. The summed E-state index contributed by atoms with van der Waals surface area (Å²) in [6.45, 7) is 0.742. The number of aryl methyl sites for hydroxylation is 1. The van der Waals surface area contributed by atoms with Crippen molar-refractivity contribution in [3.05, 3.63) is 63.6 Å². The number of benzene rings is 2. The molecule has 0 atom stereocenters. The van der Waals surface area contributed by atoms with E-state index in [9.17, 15) is 0 Å². The molecule has 0 aliphatic heterocycles. The molecular formula is C16H17Cl2NS. The van der Waals surface area contributed by atoms with Gasteiger partial charge in [0.05, 0.1) is 0 Å². The number of hydrogen-bond donors (Lipinski definition) is 1. The smallest absolute Gasteiger partial charge is 0.0461 e. The largest absolute Gasteiger partial charge is 0.330 e. The first-order valence-electron chi connectivity index (χ1n) is 6.55. The number of hydrogen-bond acceptors (Lipinski definition) is 2. The zero-order chi connectivity index (χ0) is 14.4. The predicted octanol–water partition coefficient (Wildman–Crippen LogP) is 5.18. The Labute approximate surface area is 134 Å². The normalized spacial score (nSPS) is 10.8. The van der Waals surface area contributed by atoms with Gasteiger partial charge in [0.15, 0.2) is 0 Å². The lowest BCUT2D eigenvalue weighted by molar-refractivity contribution is 0.832. The van der Waals surface area contributed by atoms with Gasteiger partial charge in [-0.15, -0.1) is 11.8 Å². The van der Waals surface area contributed by atoms with E-state index in [4.69, 9.17) is 28.9 Å². The molecule has 2 rings (SSSR count). The van der Waals surface area contributed by atoms with Gasteiger partial charge in [0.1, 0.15) is 0 Å². The van der Waals surface area contributed by atoms with Crippen molar-refractivity contribution in [3.8, 4) is 0 Å². The first-order valence-corrected chi connectivity index (χ1v) is 8.29.